The quantitative estimate of drug-likeness (QED) is 0.256. The van der Waals surface area contributed by atoms with Gasteiger partial charge in [0.2, 0.25) is 0 Å². The molecule has 2 aromatic carbocycles. The van der Waals surface area contributed by atoms with Crippen molar-refractivity contribution < 1.29 is 36.9 Å². The molecule has 12 heteroatoms. The molecule has 1 amide bonds. The molecule has 2 aromatic heterocycles. The van der Waals surface area contributed by atoms with Gasteiger partial charge in [0.05, 0.1) is 25.9 Å². The number of aryl methyl sites for hydroxylation is 2. The molecule has 0 atom stereocenters. The van der Waals surface area contributed by atoms with Crippen molar-refractivity contribution in [2.75, 3.05) is 26.1 Å². The maximum absolute atomic E-state index is 12.9. The maximum atomic E-state index is 12.9. The third-order valence-electron chi connectivity index (χ3n) is 5.65. The SMILES string of the molecule is CCCn1cc(OCC(F)(F)F)c(C(=O)Nc2ccc(Oc3ccnc4cc(OC)c(OC)cc34)c(C)c2)n1. The number of hydrogen-bond donors (Lipinski definition) is 1. The summed E-state index contributed by atoms with van der Waals surface area (Å²) in [6.45, 7) is 2.57. The normalized spacial score (nSPS) is 11.4. The molecule has 4 aromatic rings. The van der Waals surface area contributed by atoms with E-state index in [4.69, 9.17) is 18.9 Å². The van der Waals surface area contributed by atoms with E-state index in [1.165, 1.54) is 18.0 Å². The van der Waals surface area contributed by atoms with Gasteiger partial charge in [0.25, 0.3) is 5.91 Å². The van der Waals surface area contributed by atoms with Gasteiger partial charge in [0.1, 0.15) is 11.5 Å². The molecule has 0 saturated heterocycles. The highest BCUT2D eigenvalue weighted by atomic mass is 19.4. The van der Waals surface area contributed by atoms with Crippen molar-refractivity contribution in [1.82, 2.24) is 14.8 Å². The van der Waals surface area contributed by atoms with E-state index >= 15 is 0 Å². The molecule has 0 spiro atoms. The lowest BCUT2D eigenvalue weighted by atomic mass is 10.1. The number of amides is 1. The fraction of sp³-hybridized carbons (Fsp3) is 0.296. The lowest BCUT2D eigenvalue weighted by Crippen LogP contribution is -2.21. The van der Waals surface area contributed by atoms with Crippen molar-refractivity contribution in [1.29, 1.82) is 0 Å². The Kier molecular flexibility index (Phi) is 8.12. The number of nitrogens with one attached hydrogen (secondary N) is 1. The number of nitrogens with zero attached hydrogens (tertiary/aromatic N) is 3. The molecule has 39 heavy (non-hydrogen) atoms. The minimum atomic E-state index is -4.55. The van der Waals surface area contributed by atoms with E-state index in [0.717, 1.165) is 0 Å². The first-order chi connectivity index (χ1) is 18.6. The Morgan fingerprint density at radius 1 is 1.00 bits per heavy atom. The van der Waals surface area contributed by atoms with E-state index < -0.39 is 18.7 Å². The number of carbonyl (C=O) groups excluding carboxylic acids is 1. The van der Waals surface area contributed by atoms with Gasteiger partial charge in [-0.15, -0.1) is 0 Å². The average molecular weight is 545 g/mol. The Morgan fingerprint density at radius 3 is 2.41 bits per heavy atom. The van der Waals surface area contributed by atoms with Crippen molar-refractivity contribution in [2.24, 2.45) is 0 Å². The van der Waals surface area contributed by atoms with Crippen LogP contribution >= 0.6 is 0 Å². The van der Waals surface area contributed by atoms with Crippen LogP contribution in [0.25, 0.3) is 10.9 Å². The number of carbonyl (C=O) groups is 1. The number of pyridine rings is 1. The first-order valence-electron chi connectivity index (χ1n) is 12.0. The highest BCUT2D eigenvalue weighted by Gasteiger charge is 2.30. The first kappa shape index (κ1) is 27.6. The number of ether oxygens (including phenoxy) is 4. The number of aromatic nitrogens is 3. The molecule has 0 aliphatic rings. The third-order valence-corrected chi connectivity index (χ3v) is 5.65. The summed E-state index contributed by atoms with van der Waals surface area (Å²) in [7, 11) is 3.08. The van der Waals surface area contributed by atoms with E-state index in [9.17, 15) is 18.0 Å². The Morgan fingerprint density at radius 2 is 1.74 bits per heavy atom. The molecule has 1 N–H and O–H groups in total. The van der Waals surface area contributed by atoms with Crippen molar-refractivity contribution in [3.8, 4) is 28.7 Å². The fourth-order valence-corrected chi connectivity index (χ4v) is 3.86. The van der Waals surface area contributed by atoms with Gasteiger partial charge in [-0.3, -0.25) is 14.5 Å². The Hall–Kier alpha value is -4.48. The highest BCUT2D eigenvalue weighted by molar-refractivity contribution is 6.04. The monoisotopic (exact) mass is 544 g/mol. The third kappa shape index (κ3) is 6.51. The van der Waals surface area contributed by atoms with E-state index in [0.29, 0.717) is 58.1 Å². The second kappa shape index (κ2) is 11.5. The van der Waals surface area contributed by atoms with Crippen LogP contribution in [-0.2, 0) is 6.54 Å². The van der Waals surface area contributed by atoms with Crippen LogP contribution in [0.5, 0.6) is 28.7 Å². The van der Waals surface area contributed by atoms with Gasteiger partial charge in [0, 0.05) is 29.9 Å². The number of fused-ring (bicyclic) bond motifs is 1. The summed E-state index contributed by atoms with van der Waals surface area (Å²) in [5.41, 5.74) is 1.52. The summed E-state index contributed by atoms with van der Waals surface area (Å²) >= 11 is 0. The van der Waals surface area contributed by atoms with Crippen LogP contribution in [0.2, 0.25) is 0 Å². The number of methoxy groups -OCH3 is 2. The van der Waals surface area contributed by atoms with Gasteiger partial charge in [0.15, 0.2) is 29.5 Å². The van der Waals surface area contributed by atoms with Crippen LogP contribution in [0.15, 0.2) is 48.8 Å². The van der Waals surface area contributed by atoms with Gasteiger partial charge < -0.3 is 24.3 Å². The van der Waals surface area contributed by atoms with E-state index in [-0.39, 0.29) is 11.4 Å². The van der Waals surface area contributed by atoms with Crippen LogP contribution in [0.4, 0.5) is 18.9 Å². The topological polar surface area (TPSA) is 96.7 Å². The van der Waals surface area contributed by atoms with Crippen LogP contribution in [0, 0.1) is 6.92 Å². The predicted octanol–water partition coefficient (Wildman–Crippen LogP) is 6.15. The second-order valence-corrected chi connectivity index (χ2v) is 8.58. The minimum absolute atomic E-state index is 0.238. The number of alkyl halides is 3. The van der Waals surface area contributed by atoms with Crippen molar-refractivity contribution in [3.05, 3.63) is 60.0 Å². The summed E-state index contributed by atoms with van der Waals surface area (Å²) in [5, 5.41) is 7.49. The molecule has 0 aliphatic carbocycles. The molecule has 4 rings (SSSR count). The molecule has 0 bridgehead atoms. The molecule has 0 unspecified atom stereocenters. The summed E-state index contributed by atoms with van der Waals surface area (Å²) in [5.74, 6) is 1.18. The predicted molar refractivity (Wildman–Crippen MR) is 138 cm³/mol. The maximum Gasteiger partial charge on any atom is 0.422 e. The highest BCUT2D eigenvalue weighted by Crippen LogP contribution is 2.37. The van der Waals surface area contributed by atoms with E-state index in [1.54, 1.807) is 56.6 Å². The molecular weight excluding hydrogens is 517 g/mol. The molecule has 206 valence electrons. The second-order valence-electron chi connectivity index (χ2n) is 8.58. The molecule has 0 aliphatic heterocycles. The molecular formula is C27H27F3N4O5. The van der Waals surface area contributed by atoms with Gasteiger partial charge in [-0.25, -0.2) is 0 Å². The molecule has 2 heterocycles. The fourth-order valence-electron chi connectivity index (χ4n) is 3.86. The van der Waals surface area contributed by atoms with Crippen molar-refractivity contribution in [3.63, 3.8) is 0 Å². The summed E-state index contributed by atoms with van der Waals surface area (Å²) < 4.78 is 61.2. The van der Waals surface area contributed by atoms with Crippen LogP contribution in [0.1, 0.15) is 29.4 Å². The zero-order valence-corrected chi connectivity index (χ0v) is 21.8. The lowest BCUT2D eigenvalue weighted by Gasteiger charge is -2.14. The van der Waals surface area contributed by atoms with Crippen LogP contribution in [0.3, 0.4) is 0 Å². The largest absolute Gasteiger partial charge is 0.493 e. The standard InChI is InChI=1S/C27H27F3N4O5/c1-5-10-34-14-24(38-15-27(28,29)30)25(33-34)26(35)32-17-6-7-20(16(2)11-17)39-21-8-9-31-19-13-23(37-4)22(36-3)12-18(19)21/h6-9,11-14H,5,10,15H2,1-4H3,(H,32,35). The van der Waals surface area contributed by atoms with E-state index in [2.05, 4.69) is 15.4 Å². The summed E-state index contributed by atoms with van der Waals surface area (Å²) in [6, 6.07) is 10.2. The minimum Gasteiger partial charge on any atom is -0.493 e. The van der Waals surface area contributed by atoms with E-state index in [1.807, 2.05) is 6.92 Å². The molecule has 0 fully saturated rings. The lowest BCUT2D eigenvalue weighted by molar-refractivity contribution is -0.153. The van der Waals surface area contributed by atoms with Crippen molar-refractivity contribution >= 4 is 22.5 Å². The molecule has 9 nitrogen and oxygen atoms in total. The average Bonchev–Trinajstić information content (AvgIpc) is 3.31. The Labute approximate surface area is 222 Å². The summed E-state index contributed by atoms with van der Waals surface area (Å²) in [6.07, 6.45) is -0.973. The number of benzene rings is 2. The number of halogens is 3. The van der Waals surface area contributed by atoms with Crippen LogP contribution in [-0.4, -0.2) is 47.7 Å². The Balaban J connectivity index is 1.55. The summed E-state index contributed by atoms with van der Waals surface area (Å²) in [4.78, 5) is 17.3. The molecule has 0 radical (unpaired) electrons. The zero-order valence-electron chi connectivity index (χ0n) is 21.8. The smallest absolute Gasteiger partial charge is 0.422 e. The Bertz CT molecular complexity index is 1490. The first-order valence-corrected chi connectivity index (χ1v) is 12.0. The molecule has 0 saturated carbocycles. The van der Waals surface area contributed by atoms with Gasteiger partial charge in [-0.05, 0) is 49.2 Å². The van der Waals surface area contributed by atoms with Crippen LogP contribution < -0.4 is 24.3 Å². The zero-order chi connectivity index (χ0) is 28.2. The van der Waals surface area contributed by atoms with Crippen molar-refractivity contribution in [2.45, 2.75) is 33.0 Å². The van der Waals surface area contributed by atoms with Gasteiger partial charge >= 0.3 is 6.18 Å². The number of rotatable bonds is 10. The van der Waals surface area contributed by atoms with Gasteiger partial charge in [-0.2, -0.15) is 18.3 Å². The van der Waals surface area contributed by atoms with Gasteiger partial charge in [-0.1, -0.05) is 6.92 Å². The number of hydrogen-bond acceptors (Lipinski definition) is 7. The number of anilines is 1.